The van der Waals surface area contributed by atoms with Gasteiger partial charge in [-0.25, -0.2) is 4.79 Å². The molecule has 2 atom stereocenters. The second-order valence-corrected chi connectivity index (χ2v) is 7.93. The van der Waals surface area contributed by atoms with Gasteiger partial charge < -0.3 is 10.1 Å². The standard InChI is InChI=1S/C18H23BrN2O2/c19-14-5-4-12-2-1-3-16(15(12)10-14)20-18(22)23-17-11-21-8-6-13(17)7-9-21/h4-5,10,13,16-17H,1-3,6-9,11H2,(H,20,22)/t16?,17-/m1/s1. The minimum absolute atomic E-state index is 0.0723. The summed E-state index contributed by atoms with van der Waals surface area (Å²) in [7, 11) is 0. The van der Waals surface area contributed by atoms with Gasteiger partial charge in [-0.05, 0) is 74.4 Å². The van der Waals surface area contributed by atoms with E-state index in [-0.39, 0.29) is 18.2 Å². The second-order valence-electron chi connectivity index (χ2n) is 7.01. The van der Waals surface area contributed by atoms with Crippen LogP contribution in [0.25, 0.3) is 0 Å². The van der Waals surface area contributed by atoms with Crippen LogP contribution in [0.5, 0.6) is 0 Å². The van der Waals surface area contributed by atoms with Gasteiger partial charge in [0, 0.05) is 11.0 Å². The van der Waals surface area contributed by atoms with Crippen molar-refractivity contribution < 1.29 is 9.53 Å². The maximum absolute atomic E-state index is 12.4. The van der Waals surface area contributed by atoms with E-state index in [2.05, 4.69) is 44.3 Å². The number of carbonyl (C=O) groups excluding carboxylic acids is 1. The number of hydrogen-bond acceptors (Lipinski definition) is 3. The summed E-state index contributed by atoms with van der Waals surface area (Å²) in [5.74, 6) is 0.554. The number of carbonyl (C=O) groups is 1. The fraction of sp³-hybridized carbons (Fsp3) is 0.611. The SMILES string of the molecule is O=C(NC1CCCc2ccc(Br)cc21)O[C@@H]1CN2CCC1CC2. The molecule has 0 saturated carbocycles. The minimum Gasteiger partial charge on any atom is -0.445 e. The molecule has 1 aromatic carbocycles. The number of fused-ring (bicyclic) bond motifs is 4. The third kappa shape index (κ3) is 3.26. The zero-order chi connectivity index (χ0) is 15.8. The first-order valence-corrected chi connectivity index (χ1v) is 9.46. The molecule has 1 aliphatic carbocycles. The number of aryl methyl sites for hydroxylation is 1. The Labute approximate surface area is 145 Å². The van der Waals surface area contributed by atoms with E-state index in [0.717, 1.165) is 56.2 Å². The van der Waals surface area contributed by atoms with Gasteiger partial charge in [-0.3, -0.25) is 4.90 Å². The molecule has 1 amide bonds. The van der Waals surface area contributed by atoms with Crippen LogP contribution in [0.3, 0.4) is 0 Å². The van der Waals surface area contributed by atoms with Gasteiger partial charge in [-0.15, -0.1) is 0 Å². The van der Waals surface area contributed by atoms with Gasteiger partial charge in [0.05, 0.1) is 6.04 Å². The average Bonchev–Trinajstić information content (AvgIpc) is 2.56. The first kappa shape index (κ1) is 15.5. The van der Waals surface area contributed by atoms with Crippen LogP contribution in [-0.4, -0.2) is 36.7 Å². The van der Waals surface area contributed by atoms with Gasteiger partial charge in [0.15, 0.2) is 0 Å². The Hall–Kier alpha value is -1.07. The van der Waals surface area contributed by atoms with E-state index in [1.807, 2.05) is 0 Å². The van der Waals surface area contributed by atoms with E-state index in [0.29, 0.717) is 5.92 Å². The van der Waals surface area contributed by atoms with Gasteiger partial charge in [0.25, 0.3) is 0 Å². The molecule has 4 nitrogen and oxygen atoms in total. The molecule has 2 bridgehead atoms. The van der Waals surface area contributed by atoms with Gasteiger partial charge in [0.2, 0.25) is 0 Å². The van der Waals surface area contributed by atoms with Crippen LogP contribution in [-0.2, 0) is 11.2 Å². The highest BCUT2D eigenvalue weighted by atomic mass is 79.9. The summed E-state index contributed by atoms with van der Waals surface area (Å²) >= 11 is 3.54. The molecule has 3 fully saturated rings. The highest BCUT2D eigenvalue weighted by molar-refractivity contribution is 9.10. The van der Waals surface area contributed by atoms with Crippen molar-refractivity contribution in [2.75, 3.05) is 19.6 Å². The van der Waals surface area contributed by atoms with E-state index in [1.54, 1.807) is 0 Å². The normalized spacial score (nSPS) is 32.2. The van der Waals surface area contributed by atoms with Gasteiger partial charge in [-0.2, -0.15) is 0 Å². The number of benzene rings is 1. The molecular weight excluding hydrogens is 356 g/mol. The van der Waals surface area contributed by atoms with E-state index < -0.39 is 0 Å². The zero-order valence-corrected chi connectivity index (χ0v) is 14.8. The smallest absolute Gasteiger partial charge is 0.407 e. The molecule has 0 spiro atoms. The molecule has 3 aliphatic heterocycles. The van der Waals surface area contributed by atoms with E-state index in [1.165, 1.54) is 11.1 Å². The van der Waals surface area contributed by atoms with Crippen molar-refractivity contribution in [3.8, 4) is 0 Å². The molecule has 3 saturated heterocycles. The van der Waals surface area contributed by atoms with E-state index in [9.17, 15) is 4.79 Å². The summed E-state index contributed by atoms with van der Waals surface area (Å²) in [4.78, 5) is 14.8. The molecule has 5 rings (SSSR count). The molecule has 4 aliphatic rings. The number of ether oxygens (including phenoxy) is 1. The van der Waals surface area contributed by atoms with E-state index in [4.69, 9.17) is 4.74 Å². The Balaban J connectivity index is 1.41. The van der Waals surface area contributed by atoms with Crippen molar-refractivity contribution in [3.63, 3.8) is 0 Å². The highest BCUT2D eigenvalue weighted by Gasteiger charge is 2.36. The predicted molar refractivity (Wildman–Crippen MR) is 92.4 cm³/mol. The van der Waals surface area contributed by atoms with Crippen LogP contribution in [0, 0.1) is 5.92 Å². The van der Waals surface area contributed by atoms with Crippen molar-refractivity contribution in [1.29, 1.82) is 0 Å². The van der Waals surface area contributed by atoms with Crippen LogP contribution in [0.2, 0.25) is 0 Å². The molecule has 0 radical (unpaired) electrons. The van der Waals surface area contributed by atoms with Crippen molar-refractivity contribution in [1.82, 2.24) is 10.2 Å². The first-order chi connectivity index (χ1) is 11.2. The molecule has 3 heterocycles. The average molecular weight is 379 g/mol. The molecule has 5 heteroatoms. The summed E-state index contributed by atoms with van der Waals surface area (Å²) in [6.45, 7) is 3.23. The van der Waals surface area contributed by atoms with Gasteiger partial charge in [-0.1, -0.05) is 22.0 Å². The predicted octanol–water partition coefficient (Wildman–Crippen LogP) is 3.65. The number of piperidine rings is 3. The quantitative estimate of drug-likeness (QED) is 0.853. The van der Waals surface area contributed by atoms with Gasteiger partial charge in [0.1, 0.15) is 6.10 Å². The Morgan fingerprint density at radius 3 is 2.83 bits per heavy atom. The Bertz CT molecular complexity index is 599. The Morgan fingerprint density at radius 2 is 2.09 bits per heavy atom. The number of nitrogens with one attached hydrogen (secondary N) is 1. The number of nitrogens with zero attached hydrogens (tertiary/aromatic N) is 1. The molecule has 1 N–H and O–H groups in total. The van der Waals surface area contributed by atoms with Crippen LogP contribution in [0.15, 0.2) is 22.7 Å². The maximum atomic E-state index is 12.4. The number of alkyl carbamates (subject to hydrolysis) is 1. The second kappa shape index (κ2) is 6.44. The number of rotatable bonds is 2. The summed E-state index contributed by atoms with van der Waals surface area (Å²) < 4.78 is 6.84. The molecule has 1 unspecified atom stereocenters. The number of hydrogen-bond donors (Lipinski definition) is 1. The fourth-order valence-electron chi connectivity index (χ4n) is 4.28. The summed E-state index contributed by atoms with van der Waals surface area (Å²) in [6, 6.07) is 6.44. The Kier molecular flexibility index (Phi) is 4.33. The molecule has 0 aromatic heterocycles. The summed E-state index contributed by atoms with van der Waals surface area (Å²) in [6.07, 6.45) is 5.34. The monoisotopic (exact) mass is 378 g/mol. The number of halogens is 1. The fourth-order valence-corrected chi connectivity index (χ4v) is 4.66. The van der Waals surface area contributed by atoms with Gasteiger partial charge >= 0.3 is 6.09 Å². The van der Waals surface area contributed by atoms with Crippen LogP contribution in [0.4, 0.5) is 4.79 Å². The van der Waals surface area contributed by atoms with Crippen LogP contribution in [0.1, 0.15) is 42.9 Å². The zero-order valence-electron chi connectivity index (χ0n) is 13.3. The largest absolute Gasteiger partial charge is 0.445 e. The van der Waals surface area contributed by atoms with E-state index >= 15 is 0 Å². The third-order valence-electron chi connectivity index (χ3n) is 5.57. The van der Waals surface area contributed by atoms with Crippen LogP contribution >= 0.6 is 15.9 Å². The lowest BCUT2D eigenvalue weighted by atomic mass is 9.86. The molecule has 124 valence electrons. The minimum atomic E-state index is -0.249. The summed E-state index contributed by atoms with van der Waals surface area (Å²) in [5.41, 5.74) is 2.57. The van der Waals surface area contributed by atoms with Crippen molar-refractivity contribution in [2.24, 2.45) is 5.92 Å². The molecule has 1 aromatic rings. The molecular formula is C18H23BrN2O2. The number of amides is 1. The van der Waals surface area contributed by atoms with Crippen LogP contribution < -0.4 is 5.32 Å². The lowest BCUT2D eigenvalue weighted by Crippen LogP contribution is -2.52. The lowest BCUT2D eigenvalue weighted by Gasteiger charge is -2.44. The molecule has 23 heavy (non-hydrogen) atoms. The highest BCUT2D eigenvalue weighted by Crippen LogP contribution is 2.33. The third-order valence-corrected chi connectivity index (χ3v) is 6.06. The van der Waals surface area contributed by atoms with Crippen molar-refractivity contribution >= 4 is 22.0 Å². The van der Waals surface area contributed by atoms with Crippen molar-refractivity contribution in [2.45, 2.75) is 44.2 Å². The Morgan fingerprint density at radius 1 is 1.26 bits per heavy atom. The lowest BCUT2D eigenvalue weighted by molar-refractivity contribution is -0.0340. The topological polar surface area (TPSA) is 41.6 Å². The maximum Gasteiger partial charge on any atom is 0.407 e. The summed E-state index contributed by atoms with van der Waals surface area (Å²) in [5, 5.41) is 3.11. The van der Waals surface area contributed by atoms with Crippen molar-refractivity contribution in [3.05, 3.63) is 33.8 Å². The first-order valence-electron chi connectivity index (χ1n) is 8.67.